The molecular formula is C21H19FN4O3. The number of carbonyl (C=O) groups is 2. The molecule has 1 aliphatic rings. The highest BCUT2D eigenvalue weighted by Crippen LogP contribution is 2.27. The lowest BCUT2D eigenvalue weighted by Crippen LogP contribution is -2.28. The predicted molar refractivity (Wildman–Crippen MR) is 105 cm³/mol. The van der Waals surface area contributed by atoms with Crippen molar-refractivity contribution >= 4 is 23.5 Å². The van der Waals surface area contributed by atoms with E-state index in [4.69, 9.17) is 4.42 Å². The van der Waals surface area contributed by atoms with E-state index in [1.54, 1.807) is 0 Å². The molecule has 0 aliphatic carbocycles. The lowest BCUT2D eigenvalue weighted by atomic mass is 10.1. The summed E-state index contributed by atoms with van der Waals surface area (Å²) in [4.78, 5) is 26.3. The van der Waals surface area contributed by atoms with Crippen LogP contribution in [0, 0.1) is 25.6 Å². The molecule has 29 heavy (non-hydrogen) atoms. The van der Waals surface area contributed by atoms with Crippen molar-refractivity contribution in [3.63, 3.8) is 0 Å². The SMILES string of the molecule is Cc1ccc(C)c(-c2nnc(NC(=O)[C@@H]3CC(=O)N(c4ccc(F)cc4)C3)o2)c1. The van der Waals surface area contributed by atoms with Crippen molar-refractivity contribution in [1.29, 1.82) is 0 Å². The molecule has 7 nitrogen and oxygen atoms in total. The molecule has 0 spiro atoms. The molecule has 0 bridgehead atoms. The van der Waals surface area contributed by atoms with Gasteiger partial charge in [-0.1, -0.05) is 22.8 Å². The molecule has 0 saturated carbocycles. The summed E-state index contributed by atoms with van der Waals surface area (Å²) in [6.07, 6.45) is 0.0567. The van der Waals surface area contributed by atoms with Crippen LogP contribution in [-0.2, 0) is 9.59 Å². The van der Waals surface area contributed by atoms with Crippen LogP contribution in [0.4, 0.5) is 16.1 Å². The van der Waals surface area contributed by atoms with Gasteiger partial charge in [-0.15, -0.1) is 5.10 Å². The van der Waals surface area contributed by atoms with Gasteiger partial charge in [-0.3, -0.25) is 14.9 Å². The second-order valence-corrected chi connectivity index (χ2v) is 7.10. The highest BCUT2D eigenvalue weighted by Gasteiger charge is 2.35. The summed E-state index contributed by atoms with van der Waals surface area (Å²) in [5.41, 5.74) is 3.39. The Morgan fingerprint density at radius 1 is 1.17 bits per heavy atom. The zero-order valence-electron chi connectivity index (χ0n) is 16.0. The summed E-state index contributed by atoms with van der Waals surface area (Å²) in [6.45, 7) is 4.10. The first-order valence-corrected chi connectivity index (χ1v) is 9.18. The van der Waals surface area contributed by atoms with Crippen LogP contribution < -0.4 is 10.2 Å². The number of aryl methyl sites for hydroxylation is 2. The number of benzene rings is 2. The minimum Gasteiger partial charge on any atom is -0.403 e. The second-order valence-electron chi connectivity index (χ2n) is 7.10. The molecule has 2 heterocycles. The lowest BCUT2D eigenvalue weighted by molar-refractivity contribution is -0.122. The van der Waals surface area contributed by atoms with Gasteiger partial charge in [0, 0.05) is 24.2 Å². The van der Waals surface area contributed by atoms with E-state index in [-0.39, 0.29) is 36.6 Å². The summed E-state index contributed by atoms with van der Waals surface area (Å²) in [6, 6.07) is 11.5. The minimum absolute atomic E-state index is 0.0152. The summed E-state index contributed by atoms with van der Waals surface area (Å²) < 4.78 is 18.7. The van der Waals surface area contributed by atoms with Crippen LogP contribution in [0.3, 0.4) is 0 Å². The Bertz CT molecular complexity index is 1080. The average Bonchev–Trinajstić information content (AvgIpc) is 3.31. The normalized spacial score (nSPS) is 16.3. The maximum absolute atomic E-state index is 13.1. The summed E-state index contributed by atoms with van der Waals surface area (Å²) in [5, 5.41) is 10.5. The number of hydrogen-bond acceptors (Lipinski definition) is 5. The van der Waals surface area contributed by atoms with E-state index in [1.807, 2.05) is 32.0 Å². The third-order valence-electron chi connectivity index (χ3n) is 4.91. The van der Waals surface area contributed by atoms with Crippen LogP contribution in [-0.4, -0.2) is 28.6 Å². The molecule has 0 radical (unpaired) electrons. The Labute approximate surface area is 166 Å². The number of hydrogen-bond donors (Lipinski definition) is 1. The predicted octanol–water partition coefficient (Wildman–Crippen LogP) is 3.48. The molecule has 1 fully saturated rings. The highest BCUT2D eigenvalue weighted by molar-refractivity contribution is 6.03. The lowest BCUT2D eigenvalue weighted by Gasteiger charge is -2.16. The number of rotatable bonds is 4. The largest absolute Gasteiger partial charge is 0.403 e. The van der Waals surface area contributed by atoms with Crippen LogP contribution in [0.15, 0.2) is 46.9 Å². The Morgan fingerprint density at radius 3 is 2.69 bits per heavy atom. The zero-order valence-corrected chi connectivity index (χ0v) is 16.0. The first kappa shape index (κ1) is 18.8. The van der Waals surface area contributed by atoms with Gasteiger partial charge in [0.05, 0.1) is 5.92 Å². The number of nitrogens with one attached hydrogen (secondary N) is 1. The molecule has 2 aromatic carbocycles. The number of carbonyl (C=O) groups excluding carboxylic acids is 2. The van der Waals surface area contributed by atoms with Crippen LogP contribution in [0.5, 0.6) is 0 Å². The summed E-state index contributed by atoms with van der Waals surface area (Å²) in [5.74, 6) is -1.20. The first-order valence-electron chi connectivity index (χ1n) is 9.18. The van der Waals surface area contributed by atoms with Crippen molar-refractivity contribution in [1.82, 2.24) is 10.2 Å². The quantitative estimate of drug-likeness (QED) is 0.732. The average molecular weight is 394 g/mol. The van der Waals surface area contributed by atoms with E-state index in [9.17, 15) is 14.0 Å². The molecule has 148 valence electrons. The molecule has 2 amide bonds. The van der Waals surface area contributed by atoms with Crippen LogP contribution in [0.25, 0.3) is 11.5 Å². The van der Waals surface area contributed by atoms with Gasteiger partial charge < -0.3 is 9.32 Å². The van der Waals surface area contributed by atoms with Gasteiger partial charge in [0.1, 0.15) is 5.82 Å². The van der Waals surface area contributed by atoms with Crippen molar-refractivity contribution in [2.24, 2.45) is 5.92 Å². The van der Waals surface area contributed by atoms with E-state index >= 15 is 0 Å². The number of aromatic nitrogens is 2. The van der Waals surface area contributed by atoms with Gasteiger partial charge in [-0.25, -0.2) is 4.39 Å². The number of anilines is 2. The van der Waals surface area contributed by atoms with Crippen LogP contribution in [0.2, 0.25) is 0 Å². The minimum atomic E-state index is -0.566. The van der Waals surface area contributed by atoms with Crippen molar-refractivity contribution in [2.45, 2.75) is 20.3 Å². The maximum Gasteiger partial charge on any atom is 0.322 e. The van der Waals surface area contributed by atoms with E-state index in [2.05, 4.69) is 15.5 Å². The van der Waals surface area contributed by atoms with Gasteiger partial charge in [0.15, 0.2) is 0 Å². The number of nitrogens with zero attached hydrogens (tertiary/aromatic N) is 3. The molecule has 8 heteroatoms. The summed E-state index contributed by atoms with van der Waals surface area (Å²) in [7, 11) is 0. The molecule has 0 unspecified atom stereocenters. The number of halogens is 1. The van der Waals surface area contributed by atoms with E-state index in [0.717, 1.165) is 16.7 Å². The first-order chi connectivity index (χ1) is 13.9. The molecule has 1 atom stereocenters. The van der Waals surface area contributed by atoms with Crippen molar-refractivity contribution in [3.05, 3.63) is 59.4 Å². The van der Waals surface area contributed by atoms with Crippen molar-refractivity contribution in [2.75, 3.05) is 16.8 Å². The summed E-state index contributed by atoms with van der Waals surface area (Å²) >= 11 is 0. The van der Waals surface area contributed by atoms with E-state index < -0.39 is 5.92 Å². The molecule has 3 aromatic rings. The van der Waals surface area contributed by atoms with Gasteiger partial charge in [-0.2, -0.15) is 0 Å². The molecule has 1 aliphatic heterocycles. The van der Waals surface area contributed by atoms with Gasteiger partial charge in [-0.05, 0) is 49.7 Å². The standard InChI is InChI=1S/C21H19FN4O3/c1-12-3-4-13(2)17(9-12)20-24-25-21(29-20)23-19(28)14-10-18(27)26(11-14)16-7-5-15(22)6-8-16/h3-9,14H,10-11H2,1-2H3,(H,23,25,28)/t14-/m1/s1. The fourth-order valence-electron chi connectivity index (χ4n) is 3.31. The smallest absolute Gasteiger partial charge is 0.322 e. The fraction of sp³-hybridized carbons (Fsp3) is 0.238. The van der Waals surface area contributed by atoms with Gasteiger partial charge in [0.2, 0.25) is 17.7 Å². The van der Waals surface area contributed by atoms with Crippen LogP contribution in [0.1, 0.15) is 17.5 Å². The Hall–Kier alpha value is -3.55. The van der Waals surface area contributed by atoms with E-state index in [0.29, 0.717) is 11.6 Å². The van der Waals surface area contributed by atoms with Crippen molar-refractivity contribution in [3.8, 4) is 11.5 Å². The van der Waals surface area contributed by atoms with Gasteiger partial charge in [0.25, 0.3) is 0 Å². The van der Waals surface area contributed by atoms with Gasteiger partial charge >= 0.3 is 6.01 Å². The Morgan fingerprint density at radius 2 is 1.93 bits per heavy atom. The Balaban J connectivity index is 1.45. The third-order valence-corrected chi connectivity index (χ3v) is 4.91. The molecule has 4 rings (SSSR count). The molecular weight excluding hydrogens is 375 g/mol. The monoisotopic (exact) mass is 394 g/mol. The van der Waals surface area contributed by atoms with E-state index in [1.165, 1.54) is 29.2 Å². The topological polar surface area (TPSA) is 88.3 Å². The third kappa shape index (κ3) is 3.87. The zero-order chi connectivity index (χ0) is 20.5. The molecule has 1 N–H and O–H groups in total. The maximum atomic E-state index is 13.1. The number of amides is 2. The second kappa shape index (κ2) is 7.46. The highest BCUT2D eigenvalue weighted by atomic mass is 19.1. The molecule has 1 aromatic heterocycles. The fourth-order valence-corrected chi connectivity index (χ4v) is 3.31. The Kier molecular flexibility index (Phi) is 4.84. The molecule has 1 saturated heterocycles. The van der Waals surface area contributed by atoms with Crippen LogP contribution >= 0.6 is 0 Å². The van der Waals surface area contributed by atoms with Crippen molar-refractivity contribution < 1.29 is 18.4 Å².